The number of thiophene rings is 1. The van der Waals surface area contributed by atoms with Crippen LogP contribution in [-0.4, -0.2) is 15.1 Å². The van der Waals surface area contributed by atoms with E-state index in [1.807, 2.05) is 32.2 Å². The molecule has 2 atom stereocenters. The summed E-state index contributed by atoms with van der Waals surface area (Å²) in [6, 6.07) is 1.96. The Morgan fingerprint density at radius 3 is 2.50 bits per heavy atom. The smallest absolute Gasteiger partial charge is 0.136 e. The van der Waals surface area contributed by atoms with E-state index < -0.39 is 11.4 Å². The maximum absolute atomic E-state index is 12.3. The van der Waals surface area contributed by atoms with Gasteiger partial charge in [-0.3, -0.25) is 5.41 Å². The van der Waals surface area contributed by atoms with Gasteiger partial charge >= 0.3 is 0 Å². The van der Waals surface area contributed by atoms with E-state index in [4.69, 9.17) is 11.1 Å². The Labute approximate surface area is 129 Å². The van der Waals surface area contributed by atoms with Gasteiger partial charge in [-0.25, -0.2) is 0 Å². The predicted molar refractivity (Wildman–Crippen MR) is 88.6 cm³/mol. The summed E-state index contributed by atoms with van der Waals surface area (Å²) in [5, 5.41) is 9.36. The summed E-state index contributed by atoms with van der Waals surface area (Å²) >= 11 is 0.449. The summed E-state index contributed by atoms with van der Waals surface area (Å²) in [6.07, 6.45) is 0.902. The third kappa shape index (κ3) is 5.09. The molecule has 1 heterocycles. The van der Waals surface area contributed by atoms with E-state index >= 15 is 0 Å². The highest BCUT2D eigenvalue weighted by Gasteiger charge is 2.30. The maximum Gasteiger partial charge on any atom is 0.136 e. The summed E-state index contributed by atoms with van der Waals surface area (Å²) in [7, 11) is 0. The molecule has 4 N–H and O–H groups in total. The molecule has 1 unspecified atom stereocenters. The number of hydrogen-bond donors (Lipinski definition) is 3. The Balaban J connectivity index is 2.90. The standard InChI is InChI=1S/C14H25N3OS2/c1-9(2)6-11(17-20(18)14(3,4)5)12-7-10(8-19-12)13(15)16/h7-9,11,17H,6H2,1-5H3,(H3,15,16)/t11-,20?/m0/s1. The van der Waals surface area contributed by atoms with Crippen LogP contribution >= 0.6 is 11.3 Å². The van der Waals surface area contributed by atoms with Crippen LogP contribution in [0, 0.1) is 11.3 Å². The first kappa shape index (κ1) is 17.5. The van der Waals surface area contributed by atoms with E-state index in [1.165, 1.54) is 0 Å². The molecule has 0 aliphatic heterocycles. The van der Waals surface area contributed by atoms with Crippen molar-refractivity contribution in [3.63, 3.8) is 0 Å². The Bertz CT molecular complexity index is 452. The number of nitrogen functional groups attached to an aromatic ring is 1. The molecule has 0 aromatic carbocycles. The van der Waals surface area contributed by atoms with E-state index in [0.29, 0.717) is 5.92 Å². The molecule has 0 bridgehead atoms. The third-order valence-corrected chi connectivity index (χ3v) is 5.44. The molecule has 1 rings (SSSR count). The molecule has 0 saturated carbocycles. The van der Waals surface area contributed by atoms with Gasteiger partial charge in [0.25, 0.3) is 0 Å². The zero-order valence-corrected chi connectivity index (χ0v) is 14.5. The molecule has 4 nitrogen and oxygen atoms in total. The molecule has 0 spiro atoms. The molecule has 1 aromatic heterocycles. The van der Waals surface area contributed by atoms with Crippen molar-refractivity contribution in [2.75, 3.05) is 0 Å². The van der Waals surface area contributed by atoms with Gasteiger partial charge in [0.05, 0.1) is 6.04 Å². The molecule has 0 saturated heterocycles. The second kappa shape index (κ2) is 6.93. The predicted octanol–water partition coefficient (Wildman–Crippen LogP) is 3.17. The van der Waals surface area contributed by atoms with Crippen molar-refractivity contribution in [1.29, 1.82) is 5.41 Å². The largest absolute Gasteiger partial charge is 0.598 e. The second-order valence-electron chi connectivity index (χ2n) is 6.33. The van der Waals surface area contributed by atoms with Gasteiger partial charge in [0.1, 0.15) is 10.6 Å². The minimum Gasteiger partial charge on any atom is -0.598 e. The van der Waals surface area contributed by atoms with Crippen LogP contribution in [0.3, 0.4) is 0 Å². The van der Waals surface area contributed by atoms with Crippen molar-refractivity contribution in [2.45, 2.75) is 51.8 Å². The van der Waals surface area contributed by atoms with Crippen LogP contribution in [0.5, 0.6) is 0 Å². The highest BCUT2D eigenvalue weighted by atomic mass is 32.2. The lowest BCUT2D eigenvalue weighted by molar-refractivity contribution is 0.466. The summed E-state index contributed by atoms with van der Waals surface area (Å²) < 4.78 is 15.2. The van der Waals surface area contributed by atoms with Crippen molar-refractivity contribution >= 4 is 28.5 Å². The molecule has 0 aliphatic carbocycles. The first-order valence-electron chi connectivity index (χ1n) is 6.72. The zero-order chi connectivity index (χ0) is 15.5. The second-order valence-corrected chi connectivity index (χ2v) is 9.27. The van der Waals surface area contributed by atoms with Gasteiger partial charge < -0.3 is 10.3 Å². The molecular weight excluding hydrogens is 290 g/mol. The van der Waals surface area contributed by atoms with Crippen molar-refractivity contribution < 1.29 is 4.55 Å². The van der Waals surface area contributed by atoms with Gasteiger partial charge in [0.15, 0.2) is 0 Å². The van der Waals surface area contributed by atoms with Gasteiger partial charge in [-0.1, -0.05) is 13.8 Å². The van der Waals surface area contributed by atoms with E-state index in [9.17, 15) is 4.55 Å². The average Bonchev–Trinajstić information content (AvgIpc) is 2.75. The van der Waals surface area contributed by atoms with Crippen molar-refractivity contribution in [2.24, 2.45) is 11.7 Å². The fraction of sp³-hybridized carbons (Fsp3) is 0.643. The summed E-state index contributed by atoms with van der Waals surface area (Å²) in [5.41, 5.74) is 6.25. The minimum absolute atomic E-state index is 0.0353. The summed E-state index contributed by atoms with van der Waals surface area (Å²) in [5.74, 6) is 0.570. The number of hydrogen-bond acceptors (Lipinski definition) is 4. The Morgan fingerprint density at radius 2 is 2.10 bits per heavy atom. The highest BCUT2D eigenvalue weighted by Crippen LogP contribution is 2.29. The SMILES string of the molecule is CC(C)C[C@H](N[S+]([O-])C(C)(C)C)c1cc(C(=N)N)cs1. The first-order valence-corrected chi connectivity index (χ1v) is 8.75. The maximum atomic E-state index is 12.3. The van der Waals surface area contributed by atoms with Crippen molar-refractivity contribution in [3.8, 4) is 0 Å². The molecule has 0 aliphatic rings. The fourth-order valence-electron chi connectivity index (χ4n) is 1.68. The monoisotopic (exact) mass is 315 g/mol. The molecule has 20 heavy (non-hydrogen) atoms. The number of nitrogens with two attached hydrogens (primary N) is 1. The normalized spacial score (nSPS) is 15.3. The van der Waals surface area contributed by atoms with E-state index in [-0.39, 0.29) is 16.6 Å². The van der Waals surface area contributed by atoms with E-state index in [0.717, 1.165) is 16.9 Å². The quantitative estimate of drug-likeness (QED) is 0.428. The van der Waals surface area contributed by atoms with Gasteiger partial charge in [0, 0.05) is 27.2 Å². The summed E-state index contributed by atoms with van der Waals surface area (Å²) in [4.78, 5) is 1.08. The fourth-order valence-corrected chi connectivity index (χ4v) is 3.56. The lowest BCUT2D eigenvalue weighted by atomic mass is 10.0. The van der Waals surface area contributed by atoms with Crippen LogP contribution in [0.2, 0.25) is 0 Å². The minimum atomic E-state index is -1.11. The number of rotatable bonds is 6. The molecule has 1 aromatic rings. The third-order valence-electron chi connectivity index (χ3n) is 2.79. The van der Waals surface area contributed by atoms with Crippen LogP contribution in [0.4, 0.5) is 0 Å². The molecule has 114 valence electrons. The topological polar surface area (TPSA) is 85.0 Å². The van der Waals surface area contributed by atoms with Gasteiger partial charge in [-0.2, -0.15) is 0 Å². The van der Waals surface area contributed by atoms with Crippen LogP contribution in [-0.2, 0) is 11.4 Å². The van der Waals surface area contributed by atoms with E-state index in [2.05, 4.69) is 18.6 Å². The van der Waals surface area contributed by atoms with Gasteiger partial charge in [-0.05, 0) is 39.2 Å². The molecule has 0 amide bonds. The molecule has 0 radical (unpaired) electrons. The Kier molecular flexibility index (Phi) is 6.06. The average molecular weight is 316 g/mol. The zero-order valence-electron chi connectivity index (χ0n) is 12.8. The first-order chi connectivity index (χ1) is 9.11. The Hall–Kier alpha value is -0.560. The van der Waals surface area contributed by atoms with Crippen LogP contribution in [0.1, 0.15) is 57.5 Å². The van der Waals surface area contributed by atoms with Gasteiger partial charge in [-0.15, -0.1) is 16.1 Å². The van der Waals surface area contributed by atoms with Crippen LogP contribution in [0.15, 0.2) is 11.4 Å². The van der Waals surface area contributed by atoms with Gasteiger partial charge in [0.2, 0.25) is 0 Å². The van der Waals surface area contributed by atoms with E-state index in [1.54, 1.807) is 11.3 Å². The lowest BCUT2D eigenvalue weighted by Gasteiger charge is -2.28. The molecule has 0 fully saturated rings. The highest BCUT2D eigenvalue weighted by molar-refractivity contribution is 7.90. The van der Waals surface area contributed by atoms with Crippen LogP contribution in [0.25, 0.3) is 0 Å². The molecule has 6 heteroatoms. The van der Waals surface area contributed by atoms with Crippen molar-refractivity contribution in [3.05, 3.63) is 21.9 Å². The number of amidine groups is 1. The molecular formula is C14H25N3OS2. The van der Waals surface area contributed by atoms with Crippen molar-refractivity contribution in [1.82, 2.24) is 4.72 Å². The lowest BCUT2D eigenvalue weighted by Crippen LogP contribution is -2.41. The Morgan fingerprint density at radius 1 is 1.50 bits per heavy atom. The summed E-state index contributed by atoms with van der Waals surface area (Å²) in [6.45, 7) is 10.2. The van der Waals surface area contributed by atoms with Crippen LogP contribution < -0.4 is 10.5 Å². The number of nitrogens with one attached hydrogen (secondary N) is 2.